The first kappa shape index (κ1) is 25.6. The molecule has 36 heavy (non-hydrogen) atoms. The number of para-hydroxylation sites is 1. The van der Waals surface area contributed by atoms with Crippen molar-refractivity contribution in [1.82, 2.24) is 0 Å². The lowest BCUT2D eigenvalue weighted by Crippen LogP contribution is -2.45. The average molecular weight is 495 g/mol. The summed E-state index contributed by atoms with van der Waals surface area (Å²) in [4.78, 5) is 28.0. The Morgan fingerprint density at radius 3 is 2.42 bits per heavy atom. The number of carbonyl (C=O) groups excluding carboxylic acids is 2. The Morgan fingerprint density at radius 2 is 1.75 bits per heavy atom. The second kappa shape index (κ2) is 10.6. The van der Waals surface area contributed by atoms with Gasteiger partial charge in [0, 0.05) is 19.5 Å². The first-order valence-corrected chi connectivity index (χ1v) is 12.3. The fraction of sp³-hybridized carbons (Fsp3) is 0.464. The largest absolute Gasteiger partial charge is 0.487 e. The Kier molecular flexibility index (Phi) is 7.57. The molecule has 0 saturated carbocycles. The second-order valence-corrected chi connectivity index (χ2v) is 10.3. The molecule has 8 heteroatoms. The van der Waals surface area contributed by atoms with Gasteiger partial charge in [-0.2, -0.15) is 0 Å². The molecule has 2 aliphatic heterocycles. The molecule has 1 fully saturated rings. The lowest BCUT2D eigenvalue weighted by Gasteiger charge is -2.41. The number of ether oxygens (including phenoxy) is 3. The van der Waals surface area contributed by atoms with Crippen LogP contribution >= 0.6 is 0 Å². The van der Waals surface area contributed by atoms with Gasteiger partial charge in [-0.1, -0.05) is 36.4 Å². The summed E-state index contributed by atoms with van der Waals surface area (Å²) in [5, 5.41) is 11.1. The van der Waals surface area contributed by atoms with Crippen molar-refractivity contribution >= 4 is 23.4 Å². The molecule has 0 aliphatic carbocycles. The van der Waals surface area contributed by atoms with E-state index in [9.17, 15) is 14.7 Å². The van der Waals surface area contributed by atoms with Gasteiger partial charge in [-0.25, -0.2) is 9.59 Å². The first-order valence-electron chi connectivity index (χ1n) is 12.3. The van der Waals surface area contributed by atoms with Gasteiger partial charge in [0.2, 0.25) is 0 Å². The molecule has 1 saturated heterocycles. The second-order valence-electron chi connectivity index (χ2n) is 10.3. The molecule has 2 heterocycles. The molecule has 2 aromatic carbocycles. The van der Waals surface area contributed by atoms with Gasteiger partial charge in [0.15, 0.2) is 17.5 Å². The SMILES string of the molecule is CC(C)(C)OC(=C=O)CC1(O)CCN(c2cccc3c2OCCN3C(=O)OCc2ccccc2)CC1. The predicted octanol–water partition coefficient (Wildman–Crippen LogP) is 4.47. The molecule has 0 bridgehead atoms. The normalized spacial score (nSPS) is 16.9. The number of rotatable bonds is 6. The fourth-order valence-corrected chi connectivity index (χ4v) is 4.57. The van der Waals surface area contributed by atoms with Crippen LogP contribution in [0.25, 0.3) is 0 Å². The highest BCUT2D eigenvalue weighted by Gasteiger charge is 2.37. The molecule has 2 aromatic rings. The number of anilines is 2. The molecule has 0 radical (unpaired) electrons. The number of benzene rings is 2. The minimum absolute atomic E-state index is 0.131. The molecule has 0 aromatic heterocycles. The smallest absolute Gasteiger partial charge is 0.414 e. The quantitative estimate of drug-likeness (QED) is 0.468. The summed E-state index contributed by atoms with van der Waals surface area (Å²) in [6.07, 6.45) is 0.628. The minimum atomic E-state index is -1.04. The van der Waals surface area contributed by atoms with Crippen LogP contribution in [-0.4, -0.2) is 54.6 Å². The van der Waals surface area contributed by atoms with Crippen LogP contribution in [0.15, 0.2) is 54.3 Å². The van der Waals surface area contributed by atoms with Crippen molar-refractivity contribution in [3.8, 4) is 5.75 Å². The lowest BCUT2D eigenvalue weighted by molar-refractivity contribution is -0.0184. The number of hydrogen-bond acceptors (Lipinski definition) is 7. The van der Waals surface area contributed by atoms with Crippen molar-refractivity contribution in [3.05, 3.63) is 59.9 Å². The molecule has 0 atom stereocenters. The van der Waals surface area contributed by atoms with Crippen LogP contribution in [0, 0.1) is 0 Å². The van der Waals surface area contributed by atoms with E-state index in [4.69, 9.17) is 14.2 Å². The molecule has 4 rings (SSSR count). The monoisotopic (exact) mass is 494 g/mol. The van der Waals surface area contributed by atoms with Gasteiger partial charge >= 0.3 is 6.09 Å². The summed E-state index contributed by atoms with van der Waals surface area (Å²) in [6, 6.07) is 15.3. The maximum Gasteiger partial charge on any atom is 0.414 e. The summed E-state index contributed by atoms with van der Waals surface area (Å²) in [5.74, 6) is 2.63. The third-order valence-corrected chi connectivity index (χ3v) is 6.32. The zero-order chi connectivity index (χ0) is 25.8. The third-order valence-electron chi connectivity index (χ3n) is 6.32. The van der Waals surface area contributed by atoms with Gasteiger partial charge in [0.05, 0.1) is 23.5 Å². The van der Waals surface area contributed by atoms with Crippen molar-refractivity contribution in [2.45, 2.75) is 57.8 Å². The van der Waals surface area contributed by atoms with Crippen LogP contribution in [0.2, 0.25) is 0 Å². The average Bonchev–Trinajstić information content (AvgIpc) is 2.86. The van der Waals surface area contributed by atoms with E-state index in [2.05, 4.69) is 4.90 Å². The molecule has 8 nitrogen and oxygen atoms in total. The van der Waals surface area contributed by atoms with Crippen LogP contribution in [0.5, 0.6) is 5.75 Å². The Labute approximate surface area is 212 Å². The van der Waals surface area contributed by atoms with Crippen molar-refractivity contribution in [1.29, 1.82) is 0 Å². The van der Waals surface area contributed by atoms with Crippen molar-refractivity contribution in [3.63, 3.8) is 0 Å². The van der Waals surface area contributed by atoms with E-state index in [-0.39, 0.29) is 18.8 Å². The summed E-state index contributed by atoms with van der Waals surface area (Å²) in [6.45, 7) is 7.67. The number of carbonyl (C=O) groups is 1. The Hall–Kier alpha value is -3.48. The molecule has 2 aliphatic rings. The number of aliphatic hydroxyl groups is 1. The Balaban J connectivity index is 1.43. The zero-order valence-corrected chi connectivity index (χ0v) is 21.2. The fourth-order valence-electron chi connectivity index (χ4n) is 4.57. The van der Waals surface area contributed by atoms with Gasteiger partial charge in [0.25, 0.3) is 0 Å². The highest BCUT2D eigenvalue weighted by Crippen LogP contribution is 2.42. The lowest BCUT2D eigenvalue weighted by atomic mass is 9.87. The van der Waals surface area contributed by atoms with E-state index in [1.54, 1.807) is 4.90 Å². The maximum absolute atomic E-state index is 12.9. The number of piperidine rings is 1. The summed E-state index contributed by atoms with van der Waals surface area (Å²) >= 11 is 0. The van der Waals surface area contributed by atoms with Crippen LogP contribution in [0.3, 0.4) is 0 Å². The van der Waals surface area contributed by atoms with E-state index in [0.29, 0.717) is 50.5 Å². The van der Waals surface area contributed by atoms with Crippen LogP contribution < -0.4 is 14.5 Å². The van der Waals surface area contributed by atoms with Crippen LogP contribution in [0.1, 0.15) is 45.6 Å². The number of amides is 1. The Bertz CT molecular complexity index is 1110. The summed E-state index contributed by atoms with van der Waals surface area (Å²) < 4.78 is 17.2. The molecule has 192 valence electrons. The number of fused-ring (bicyclic) bond motifs is 1. The van der Waals surface area contributed by atoms with E-state index in [0.717, 1.165) is 11.3 Å². The molecule has 1 N–H and O–H groups in total. The van der Waals surface area contributed by atoms with Gasteiger partial charge in [-0.15, -0.1) is 0 Å². The molecule has 0 spiro atoms. The van der Waals surface area contributed by atoms with Crippen molar-refractivity contribution in [2.75, 3.05) is 36.0 Å². The minimum Gasteiger partial charge on any atom is -0.487 e. The van der Waals surface area contributed by atoms with Gasteiger partial charge in [-0.05, 0) is 51.3 Å². The van der Waals surface area contributed by atoms with E-state index >= 15 is 0 Å². The highest BCUT2D eigenvalue weighted by atomic mass is 16.6. The Morgan fingerprint density at radius 1 is 1.06 bits per heavy atom. The third kappa shape index (κ3) is 6.20. The molecule has 0 unspecified atom stereocenters. The number of hydrogen-bond donors (Lipinski definition) is 1. The number of nitrogens with zero attached hydrogens (tertiary/aromatic N) is 2. The van der Waals surface area contributed by atoms with Gasteiger partial charge in [0.1, 0.15) is 18.8 Å². The van der Waals surface area contributed by atoms with E-state index in [1.165, 1.54) is 0 Å². The summed E-state index contributed by atoms with van der Waals surface area (Å²) in [5.41, 5.74) is 0.888. The van der Waals surface area contributed by atoms with Crippen LogP contribution in [-0.2, 0) is 20.9 Å². The predicted molar refractivity (Wildman–Crippen MR) is 137 cm³/mol. The van der Waals surface area contributed by atoms with E-state index < -0.39 is 17.3 Å². The molecule has 1 amide bonds. The van der Waals surface area contributed by atoms with Crippen molar-refractivity contribution in [2.24, 2.45) is 0 Å². The van der Waals surface area contributed by atoms with Crippen LogP contribution in [0.4, 0.5) is 16.2 Å². The first-order chi connectivity index (χ1) is 17.2. The highest BCUT2D eigenvalue weighted by molar-refractivity contribution is 5.92. The van der Waals surface area contributed by atoms with E-state index in [1.807, 2.05) is 75.2 Å². The van der Waals surface area contributed by atoms with Gasteiger partial charge in [-0.3, -0.25) is 4.90 Å². The zero-order valence-electron chi connectivity index (χ0n) is 21.2. The standard InChI is InChI=1S/C28H34N2O6/c1-27(2,3)36-22(19-31)18-28(33)12-14-29(15-13-28)23-10-7-11-24-25(23)34-17-16-30(24)26(32)35-20-21-8-5-4-6-9-21/h4-11,33H,12-18,20H2,1-3H3. The summed E-state index contributed by atoms with van der Waals surface area (Å²) in [7, 11) is 0. The molecular formula is C28H34N2O6. The topological polar surface area (TPSA) is 88.5 Å². The van der Waals surface area contributed by atoms with Gasteiger partial charge < -0.3 is 24.2 Å². The van der Waals surface area contributed by atoms with Crippen molar-refractivity contribution < 1.29 is 28.9 Å². The molecular weight excluding hydrogens is 460 g/mol. The maximum atomic E-state index is 12.9.